The molecule has 0 fully saturated rings. The number of allylic oxidation sites excluding steroid dienone is 2. The predicted octanol–water partition coefficient (Wildman–Crippen LogP) is 2.42. The molecule has 0 saturated heterocycles. The summed E-state index contributed by atoms with van der Waals surface area (Å²) in [7, 11) is 0. The van der Waals surface area contributed by atoms with Crippen molar-refractivity contribution in [3.05, 3.63) is 60.3 Å². The first-order valence-electron chi connectivity index (χ1n) is 4.98. The van der Waals surface area contributed by atoms with Crippen molar-refractivity contribution in [3.63, 3.8) is 0 Å². The highest BCUT2D eigenvalue weighted by molar-refractivity contribution is 5.15. The molecule has 1 aliphatic heterocycles. The molecule has 1 nitrogen and oxygen atoms in total. The largest absolute Gasteiger partial charge is 0.248 e. The Bertz CT molecular complexity index is 324. The Morgan fingerprint density at radius 3 is 2.79 bits per heavy atom. The van der Waals surface area contributed by atoms with Gasteiger partial charge in [0, 0.05) is 12.6 Å². The molecule has 0 N–H and O–H groups in total. The summed E-state index contributed by atoms with van der Waals surface area (Å²) in [6, 6.07) is 10.6. The van der Waals surface area contributed by atoms with E-state index in [1.165, 1.54) is 5.56 Å². The second-order valence-electron chi connectivity index (χ2n) is 3.41. The molecule has 0 unspecified atom stereocenters. The molecule has 0 amide bonds. The summed E-state index contributed by atoms with van der Waals surface area (Å²) in [5.41, 5.74) is 1.39. The minimum absolute atomic E-state index is 0.989. The van der Waals surface area contributed by atoms with Crippen LogP contribution < -0.4 is 0 Å². The van der Waals surface area contributed by atoms with Gasteiger partial charge < -0.3 is 0 Å². The first-order valence-corrected chi connectivity index (χ1v) is 4.98. The summed E-state index contributed by atoms with van der Waals surface area (Å²) < 4.78 is 0. The first-order chi connectivity index (χ1) is 6.95. The van der Waals surface area contributed by atoms with E-state index in [1.807, 2.05) is 12.2 Å². The number of benzene rings is 1. The lowest BCUT2D eigenvalue weighted by molar-refractivity contribution is 0.397. The zero-order valence-corrected chi connectivity index (χ0v) is 8.19. The van der Waals surface area contributed by atoms with Crippen LogP contribution in [0.5, 0.6) is 0 Å². The van der Waals surface area contributed by atoms with Gasteiger partial charge in [-0.3, -0.25) is 0 Å². The summed E-state index contributed by atoms with van der Waals surface area (Å²) >= 11 is 0. The lowest BCUT2D eigenvalue weighted by Gasteiger charge is -2.11. The fourth-order valence-electron chi connectivity index (χ4n) is 1.52. The van der Waals surface area contributed by atoms with Gasteiger partial charge in [0.05, 0.1) is 12.6 Å². The Morgan fingerprint density at radius 2 is 2.07 bits per heavy atom. The first kappa shape index (κ1) is 8.98. The van der Waals surface area contributed by atoms with Gasteiger partial charge >= 0.3 is 0 Å². The normalized spacial score (nSPS) is 14.1. The van der Waals surface area contributed by atoms with Gasteiger partial charge in [0.1, 0.15) is 0 Å². The van der Waals surface area contributed by atoms with Gasteiger partial charge in [-0.05, 0) is 12.0 Å². The summed E-state index contributed by atoms with van der Waals surface area (Å²) in [6.07, 6.45) is 10.5. The number of hydrogen-bond donors (Lipinski definition) is 0. The van der Waals surface area contributed by atoms with E-state index in [4.69, 9.17) is 0 Å². The molecule has 1 aromatic carbocycles. The molecule has 1 aliphatic rings. The molecule has 0 atom stereocenters. The van der Waals surface area contributed by atoms with Crippen molar-refractivity contribution < 1.29 is 0 Å². The fourth-order valence-corrected chi connectivity index (χ4v) is 1.52. The predicted molar refractivity (Wildman–Crippen MR) is 58.7 cm³/mol. The van der Waals surface area contributed by atoms with Crippen LogP contribution in [0.25, 0.3) is 0 Å². The maximum absolute atomic E-state index is 3.21. The molecule has 1 heteroatoms. The fraction of sp³-hybridized carbons (Fsp3) is 0.231. The Balaban J connectivity index is 1.83. The number of hydrogen-bond acceptors (Lipinski definition) is 1. The van der Waals surface area contributed by atoms with E-state index in [0.29, 0.717) is 0 Å². The average Bonchev–Trinajstić information content (AvgIpc) is 2.29. The van der Waals surface area contributed by atoms with Crippen LogP contribution in [-0.4, -0.2) is 18.0 Å². The van der Waals surface area contributed by atoms with E-state index >= 15 is 0 Å². The Morgan fingerprint density at radius 1 is 1.21 bits per heavy atom. The maximum atomic E-state index is 3.21. The molecular formula is C13H14N+. The summed E-state index contributed by atoms with van der Waals surface area (Å²) in [6.45, 7) is 2.04. The quantitative estimate of drug-likeness (QED) is 0.652. The highest BCUT2D eigenvalue weighted by atomic mass is 15.1. The Hall–Kier alpha value is -1.59. The summed E-state index contributed by atoms with van der Waals surface area (Å²) in [5, 5.41) is 0. The number of nitrogens with zero attached hydrogens (tertiary/aromatic N) is 1. The molecule has 14 heavy (non-hydrogen) atoms. The Kier molecular flexibility index (Phi) is 2.95. The minimum atomic E-state index is 0.989. The van der Waals surface area contributed by atoms with Crippen molar-refractivity contribution in [1.82, 2.24) is 4.90 Å². The van der Waals surface area contributed by atoms with Crippen molar-refractivity contribution in [1.29, 1.82) is 0 Å². The second-order valence-corrected chi connectivity index (χ2v) is 3.41. The lowest BCUT2D eigenvalue weighted by atomic mass is 10.1. The van der Waals surface area contributed by atoms with Crippen molar-refractivity contribution in [2.45, 2.75) is 6.42 Å². The van der Waals surface area contributed by atoms with Crippen LogP contribution in [0.1, 0.15) is 5.56 Å². The van der Waals surface area contributed by atoms with Crippen molar-refractivity contribution >= 4 is 0 Å². The smallest absolute Gasteiger partial charge is 0.190 e. The van der Waals surface area contributed by atoms with Crippen LogP contribution in [0.3, 0.4) is 0 Å². The molecule has 0 aliphatic carbocycles. The van der Waals surface area contributed by atoms with Crippen LogP contribution in [0.15, 0.2) is 48.6 Å². The molecule has 2 rings (SSSR count). The van der Waals surface area contributed by atoms with E-state index in [2.05, 4.69) is 47.5 Å². The van der Waals surface area contributed by atoms with E-state index in [1.54, 1.807) is 0 Å². The van der Waals surface area contributed by atoms with Gasteiger partial charge in [-0.15, -0.1) is 0 Å². The topological polar surface area (TPSA) is 3.24 Å². The highest BCUT2D eigenvalue weighted by Gasteiger charge is 2.07. The van der Waals surface area contributed by atoms with Crippen LogP contribution in [-0.2, 0) is 6.42 Å². The Labute approximate surface area is 85.4 Å². The zero-order valence-electron chi connectivity index (χ0n) is 8.19. The van der Waals surface area contributed by atoms with Crippen LogP contribution in [0.4, 0.5) is 0 Å². The van der Waals surface area contributed by atoms with Gasteiger partial charge in [-0.1, -0.05) is 30.3 Å². The molecule has 70 valence electrons. The third kappa shape index (κ3) is 2.45. The van der Waals surface area contributed by atoms with Crippen molar-refractivity contribution in [3.8, 4) is 0 Å². The summed E-state index contributed by atoms with van der Waals surface area (Å²) in [5.74, 6) is 0. The molecule has 0 aromatic heterocycles. The number of rotatable bonds is 3. The highest BCUT2D eigenvalue weighted by Crippen LogP contribution is 2.03. The maximum Gasteiger partial charge on any atom is 0.190 e. The van der Waals surface area contributed by atoms with E-state index in [9.17, 15) is 0 Å². The van der Waals surface area contributed by atoms with E-state index in [-0.39, 0.29) is 0 Å². The van der Waals surface area contributed by atoms with Gasteiger partial charge in [-0.25, -0.2) is 4.90 Å². The van der Waals surface area contributed by atoms with E-state index in [0.717, 1.165) is 19.5 Å². The van der Waals surface area contributed by atoms with Gasteiger partial charge in [0.15, 0.2) is 12.3 Å². The standard InChI is InChI=1S/C13H14N/c1-3-7-13(8-4-1)9-12-14-10-5-2-6-11-14/h1-8H,9-10,12H2/q+1. The molecule has 0 saturated carbocycles. The van der Waals surface area contributed by atoms with Crippen molar-refractivity contribution in [2.24, 2.45) is 0 Å². The van der Waals surface area contributed by atoms with Gasteiger partial charge in [-0.2, -0.15) is 0 Å². The van der Waals surface area contributed by atoms with Crippen LogP contribution >= 0.6 is 0 Å². The summed E-state index contributed by atoms with van der Waals surface area (Å²) in [4.78, 5) is 2.20. The molecule has 0 bridgehead atoms. The van der Waals surface area contributed by atoms with Crippen LogP contribution in [0.2, 0.25) is 0 Å². The monoisotopic (exact) mass is 184 g/mol. The second kappa shape index (κ2) is 4.59. The minimum Gasteiger partial charge on any atom is -0.248 e. The molecular weight excluding hydrogens is 170 g/mol. The van der Waals surface area contributed by atoms with E-state index < -0.39 is 0 Å². The van der Waals surface area contributed by atoms with Gasteiger partial charge in [0.2, 0.25) is 0 Å². The zero-order chi connectivity index (χ0) is 9.64. The lowest BCUT2D eigenvalue weighted by Crippen LogP contribution is -2.22. The van der Waals surface area contributed by atoms with Gasteiger partial charge in [0.25, 0.3) is 0 Å². The van der Waals surface area contributed by atoms with Crippen LogP contribution in [0, 0.1) is 6.20 Å². The molecule has 1 heterocycles. The molecule has 0 radical (unpaired) electrons. The molecule has 0 spiro atoms. The SMILES string of the molecule is [C+]1=CC=CCN1CCc1ccccc1. The molecule has 1 aromatic rings. The third-order valence-corrected chi connectivity index (χ3v) is 2.33. The average molecular weight is 184 g/mol. The third-order valence-electron chi connectivity index (χ3n) is 2.33. The van der Waals surface area contributed by atoms with Crippen molar-refractivity contribution in [2.75, 3.05) is 13.1 Å².